The van der Waals surface area contributed by atoms with Crippen molar-refractivity contribution < 1.29 is 27.1 Å². The largest absolute Gasteiger partial charge is 0.748 e. The summed E-state index contributed by atoms with van der Waals surface area (Å²) in [5.74, 6) is 0. The van der Waals surface area contributed by atoms with Crippen LogP contribution in [0.5, 0.6) is 0 Å². The fraction of sp³-hybridized carbons (Fsp3) is 0. The summed E-state index contributed by atoms with van der Waals surface area (Å²) in [6.45, 7) is 0. The van der Waals surface area contributed by atoms with Crippen molar-refractivity contribution in [1.29, 1.82) is 0 Å². The summed E-state index contributed by atoms with van der Waals surface area (Å²) in [5, 5.41) is 17.3. The molecule has 0 atom stereocenters. The summed E-state index contributed by atoms with van der Waals surface area (Å²) in [4.78, 5) is 0. The van der Waals surface area contributed by atoms with E-state index in [4.69, 9.17) is 15.8 Å². The van der Waals surface area contributed by atoms with E-state index in [1.165, 1.54) is 6.07 Å². The Morgan fingerprint density at radius 2 is 1.38 bits per heavy atom. The van der Waals surface area contributed by atoms with Crippen molar-refractivity contribution in [1.82, 2.24) is 0 Å². The van der Waals surface area contributed by atoms with Crippen LogP contribution in [0.1, 0.15) is 0 Å². The predicted octanol–water partition coefficient (Wildman–Crippen LogP) is 1.76. The average Bonchev–Trinajstić information content (AvgIpc) is 3.17. The minimum absolute atomic E-state index is 0. The molecule has 0 amide bonds. The van der Waals surface area contributed by atoms with Crippen molar-refractivity contribution >= 4 is 18.3 Å². The van der Waals surface area contributed by atoms with Gasteiger partial charge in [-0.2, -0.15) is 18.2 Å². The third kappa shape index (κ3) is 9.71. The Morgan fingerprint density at radius 1 is 0.857 bits per heavy atom. The molecule has 0 aliphatic carbocycles. The summed E-state index contributed by atoms with van der Waals surface area (Å²) in [6, 6.07) is 26.5. The van der Waals surface area contributed by atoms with Gasteiger partial charge in [-0.3, -0.25) is 0 Å². The molecule has 3 aromatic rings. The van der Waals surface area contributed by atoms with Gasteiger partial charge < -0.3 is 46.1 Å². The summed E-state index contributed by atoms with van der Waals surface area (Å²) < 4.78 is 0. The number of hydrogen-bond donors (Lipinski definition) is 3. The Balaban J connectivity index is 0.000000307. The normalized spacial score (nSPS) is 8.29. The Labute approximate surface area is 136 Å². The van der Waals surface area contributed by atoms with E-state index in [0.29, 0.717) is 11.2 Å². The maximum absolute atomic E-state index is 8.65. The third-order valence-corrected chi connectivity index (χ3v) is 2.32. The van der Waals surface area contributed by atoms with Crippen LogP contribution in [0.25, 0.3) is 0 Å². The molecule has 0 bridgehead atoms. The molecular weight excluding hydrogens is 305 g/mol. The van der Waals surface area contributed by atoms with Crippen LogP contribution in [-0.4, -0.2) is 17.2 Å². The molecule has 0 spiro atoms. The van der Waals surface area contributed by atoms with Crippen LogP contribution >= 0.6 is 0 Å². The molecule has 21 heavy (non-hydrogen) atoms. The van der Waals surface area contributed by atoms with Crippen molar-refractivity contribution in [2.45, 2.75) is 0 Å². The first-order valence-electron chi connectivity index (χ1n) is 6.25. The van der Waals surface area contributed by atoms with Crippen LogP contribution < -0.4 is 11.2 Å². The van der Waals surface area contributed by atoms with Gasteiger partial charge in [-0.05, 0) is 17.6 Å². The fourth-order valence-electron chi connectivity index (χ4n) is 1.36. The Bertz CT molecular complexity index is 478. The minimum Gasteiger partial charge on any atom is -0.748 e. The first-order valence-corrected chi connectivity index (χ1v) is 6.25. The van der Waals surface area contributed by atoms with Crippen molar-refractivity contribution in [3.8, 4) is 0 Å². The maximum atomic E-state index is 8.65. The van der Waals surface area contributed by atoms with Gasteiger partial charge in [0.2, 0.25) is 0 Å². The molecular formula is C16H18BFeNO2-6. The van der Waals surface area contributed by atoms with Gasteiger partial charge in [0.15, 0.2) is 0 Å². The van der Waals surface area contributed by atoms with Crippen molar-refractivity contribution in [2.75, 3.05) is 5.73 Å². The van der Waals surface area contributed by atoms with Gasteiger partial charge in [0.1, 0.15) is 0 Å². The number of hydrogen-bond acceptors (Lipinski definition) is 3. The van der Waals surface area contributed by atoms with Gasteiger partial charge in [-0.25, -0.2) is 12.1 Å². The molecule has 4 N–H and O–H groups in total. The van der Waals surface area contributed by atoms with Crippen LogP contribution in [0.2, 0.25) is 0 Å². The van der Waals surface area contributed by atoms with E-state index in [1.54, 1.807) is 18.2 Å². The molecule has 3 nitrogen and oxygen atoms in total. The van der Waals surface area contributed by atoms with Gasteiger partial charge >= 0.3 is 7.12 Å². The molecule has 0 saturated heterocycles. The molecule has 0 aliphatic heterocycles. The van der Waals surface area contributed by atoms with E-state index >= 15 is 0 Å². The van der Waals surface area contributed by atoms with Crippen molar-refractivity contribution in [3.63, 3.8) is 0 Å². The number of nitrogen functional groups attached to an aromatic ring is 1. The zero-order chi connectivity index (χ0) is 14.6. The zero-order valence-corrected chi connectivity index (χ0v) is 12.6. The fourth-order valence-corrected chi connectivity index (χ4v) is 1.36. The van der Waals surface area contributed by atoms with Gasteiger partial charge in [-0.1, -0.05) is 12.1 Å². The predicted molar refractivity (Wildman–Crippen MR) is 84.8 cm³/mol. The second-order valence-electron chi connectivity index (χ2n) is 3.97. The van der Waals surface area contributed by atoms with E-state index in [2.05, 4.69) is 0 Å². The molecule has 0 fully saturated rings. The number of nitrogens with two attached hydrogens (primary N) is 1. The van der Waals surface area contributed by atoms with Gasteiger partial charge in [0.25, 0.3) is 0 Å². The smallest absolute Gasteiger partial charge is 0.488 e. The molecule has 5 heteroatoms. The van der Waals surface area contributed by atoms with E-state index in [9.17, 15) is 0 Å². The second-order valence-corrected chi connectivity index (χ2v) is 3.97. The van der Waals surface area contributed by atoms with Crippen LogP contribution in [0.3, 0.4) is 0 Å². The van der Waals surface area contributed by atoms with E-state index in [1.807, 2.05) is 60.7 Å². The monoisotopic (exact) mass is 323 g/mol. The summed E-state index contributed by atoms with van der Waals surface area (Å²) in [6.07, 6.45) is 0. The third-order valence-electron chi connectivity index (χ3n) is 2.32. The molecule has 3 rings (SSSR count). The topological polar surface area (TPSA) is 66.5 Å². The van der Waals surface area contributed by atoms with E-state index in [-0.39, 0.29) is 17.1 Å². The zero-order valence-electron chi connectivity index (χ0n) is 11.5. The number of anilines is 1. The molecule has 0 saturated carbocycles. The van der Waals surface area contributed by atoms with Crippen molar-refractivity contribution in [3.05, 3.63) is 84.9 Å². The number of benzene rings is 1. The summed E-state index contributed by atoms with van der Waals surface area (Å²) in [7, 11) is -1.43. The van der Waals surface area contributed by atoms with Gasteiger partial charge in [0.05, 0.1) is 0 Å². The molecule has 3 aromatic carbocycles. The van der Waals surface area contributed by atoms with Crippen molar-refractivity contribution in [2.24, 2.45) is 0 Å². The van der Waals surface area contributed by atoms with Gasteiger partial charge in [-0.15, -0.1) is 0 Å². The molecule has 0 unspecified atom stereocenters. The average molecular weight is 323 g/mol. The van der Waals surface area contributed by atoms with Crippen LogP contribution in [0.4, 0.5) is 5.69 Å². The quantitative estimate of drug-likeness (QED) is 0.363. The Morgan fingerprint density at radius 3 is 1.67 bits per heavy atom. The van der Waals surface area contributed by atoms with Crippen LogP contribution in [0.15, 0.2) is 84.9 Å². The molecule has 0 heterocycles. The first-order chi connectivity index (χ1) is 9.70. The second kappa shape index (κ2) is 12.0. The van der Waals surface area contributed by atoms with E-state index in [0.717, 1.165) is 0 Å². The minimum atomic E-state index is -1.43. The Hall–Kier alpha value is -1.78. The van der Waals surface area contributed by atoms with Crippen LogP contribution in [-0.2, 0) is 17.1 Å². The standard InChI is InChI=1S/C6H8BNO2.2C5H5.Fe/c8-6-3-1-2-5(4-6)7(9)10;2*1-2-4-5-3-1;/h1-4,9-10H,8H2;2*1-5H;/q;-5;-1;. The summed E-state index contributed by atoms with van der Waals surface area (Å²) in [5.41, 5.74) is 6.32. The summed E-state index contributed by atoms with van der Waals surface area (Å²) >= 11 is 0. The van der Waals surface area contributed by atoms with Crippen LogP contribution in [0, 0.1) is 0 Å². The molecule has 0 radical (unpaired) electrons. The Kier molecular flexibility index (Phi) is 11.0. The molecule has 116 valence electrons. The SMILES string of the molecule is Nc1cccc(B(O)O)c1.[Fe].[cH-]1[cH-][cH-][cH-][cH-]1.c1cc[cH-]c1. The molecule has 0 aliphatic rings. The van der Waals surface area contributed by atoms with Gasteiger partial charge in [0, 0.05) is 22.8 Å². The maximum Gasteiger partial charge on any atom is 0.488 e. The number of rotatable bonds is 1. The first kappa shape index (κ1) is 19.2. The molecule has 0 aromatic heterocycles. The van der Waals surface area contributed by atoms with E-state index < -0.39 is 7.12 Å².